The van der Waals surface area contributed by atoms with E-state index in [4.69, 9.17) is 10.8 Å². The quantitative estimate of drug-likeness (QED) is 0.366. The zero-order valence-electron chi connectivity index (χ0n) is 12.3. The van der Waals surface area contributed by atoms with Gasteiger partial charge in [0.25, 0.3) is 0 Å². The fourth-order valence-electron chi connectivity index (χ4n) is 2.77. The zero-order chi connectivity index (χ0) is 15.9. The van der Waals surface area contributed by atoms with E-state index in [0.717, 1.165) is 25.7 Å². The summed E-state index contributed by atoms with van der Waals surface area (Å²) < 4.78 is 25.3. The summed E-state index contributed by atoms with van der Waals surface area (Å²) in [5.41, 5.74) is 5.77. The molecule has 1 fully saturated rings. The second-order valence-electron chi connectivity index (χ2n) is 5.85. The molecule has 21 heavy (non-hydrogen) atoms. The lowest BCUT2D eigenvalue weighted by molar-refractivity contribution is 0.0471. The molecule has 0 unspecified atom stereocenters. The van der Waals surface area contributed by atoms with Gasteiger partial charge < -0.3 is 21.1 Å². The Kier molecular flexibility index (Phi) is 8.07. The van der Waals surface area contributed by atoms with Gasteiger partial charge in [-0.3, -0.25) is 0 Å². The summed E-state index contributed by atoms with van der Waals surface area (Å²) in [6, 6.07) is -0.988. The highest BCUT2D eigenvalue weighted by atomic mass is 32.2. The molecule has 0 aromatic heterocycles. The number of aliphatic hydroxyl groups excluding tert-OH is 3. The SMILES string of the molecule is N[C@@H]([C@H](O)CC1CCCCC1)[C@@H](O)CS(=O)(=O)NCCO. The second-order valence-corrected chi connectivity index (χ2v) is 7.70. The summed E-state index contributed by atoms with van der Waals surface area (Å²) in [5, 5.41) is 28.5. The molecule has 0 amide bonds. The van der Waals surface area contributed by atoms with Crippen molar-refractivity contribution in [3.63, 3.8) is 0 Å². The molecule has 1 saturated carbocycles. The maximum absolute atomic E-state index is 11.6. The molecule has 1 rings (SSSR count). The maximum atomic E-state index is 11.6. The van der Waals surface area contributed by atoms with Crippen molar-refractivity contribution in [2.24, 2.45) is 11.7 Å². The molecule has 7 nitrogen and oxygen atoms in total. The van der Waals surface area contributed by atoms with Gasteiger partial charge in [0.2, 0.25) is 10.0 Å². The van der Waals surface area contributed by atoms with Crippen LogP contribution in [0.25, 0.3) is 0 Å². The molecule has 0 radical (unpaired) electrons. The molecule has 0 bridgehead atoms. The predicted octanol–water partition coefficient (Wildman–Crippen LogP) is -1.08. The molecule has 1 aliphatic carbocycles. The van der Waals surface area contributed by atoms with E-state index in [1.165, 1.54) is 6.42 Å². The summed E-state index contributed by atoms with van der Waals surface area (Å²) in [6.45, 7) is -0.416. The molecule has 6 N–H and O–H groups in total. The topological polar surface area (TPSA) is 133 Å². The molecule has 0 aromatic carbocycles. The number of hydrogen-bond donors (Lipinski definition) is 5. The molecule has 1 aliphatic rings. The van der Waals surface area contributed by atoms with E-state index in [2.05, 4.69) is 4.72 Å². The van der Waals surface area contributed by atoms with Gasteiger partial charge in [-0.25, -0.2) is 13.1 Å². The van der Waals surface area contributed by atoms with Gasteiger partial charge in [0, 0.05) is 6.54 Å². The lowest BCUT2D eigenvalue weighted by Gasteiger charge is -2.29. The largest absolute Gasteiger partial charge is 0.395 e. The first-order valence-corrected chi connectivity index (χ1v) is 9.21. The number of sulfonamides is 1. The third-order valence-electron chi connectivity index (χ3n) is 4.01. The van der Waals surface area contributed by atoms with Crippen molar-refractivity contribution in [3.8, 4) is 0 Å². The van der Waals surface area contributed by atoms with Crippen LogP contribution in [0.3, 0.4) is 0 Å². The van der Waals surface area contributed by atoms with Crippen LogP contribution in [0.1, 0.15) is 38.5 Å². The normalized spacial score (nSPS) is 21.9. The van der Waals surface area contributed by atoms with Gasteiger partial charge in [-0.15, -0.1) is 0 Å². The summed E-state index contributed by atoms with van der Waals surface area (Å²) in [7, 11) is -3.71. The molecular formula is C13H28N2O5S. The fourth-order valence-corrected chi connectivity index (χ4v) is 3.97. The molecule has 126 valence electrons. The molecule has 0 saturated heterocycles. The van der Waals surface area contributed by atoms with Crippen LogP contribution in [0.4, 0.5) is 0 Å². The van der Waals surface area contributed by atoms with Gasteiger partial charge in [-0.05, 0) is 12.3 Å². The Labute approximate surface area is 126 Å². The van der Waals surface area contributed by atoms with E-state index in [1.54, 1.807) is 0 Å². The number of aliphatic hydroxyl groups is 3. The molecule has 0 heterocycles. The molecule has 3 atom stereocenters. The second kappa shape index (κ2) is 9.02. The summed E-state index contributed by atoms with van der Waals surface area (Å²) >= 11 is 0. The average Bonchev–Trinajstić information content (AvgIpc) is 2.45. The van der Waals surface area contributed by atoms with Gasteiger partial charge >= 0.3 is 0 Å². The first kappa shape index (κ1) is 18.8. The first-order chi connectivity index (χ1) is 9.85. The lowest BCUT2D eigenvalue weighted by atomic mass is 9.84. The Bertz CT molecular complexity index is 384. The highest BCUT2D eigenvalue weighted by molar-refractivity contribution is 7.89. The molecule has 8 heteroatoms. The van der Waals surface area contributed by atoms with Crippen molar-refractivity contribution in [3.05, 3.63) is 0 Å². The summed E-state index contributed by atoms with van der Waals surface area (Å²) in [6.07, 6.45) is 3.88. The van der Waals surface area contributed by atoms with Gasteiger partial charge in [0.05, 0.1) is 30.6 Å². The minimum absolute atomic E-state index is 0.102. The van der Waals surface area contributed by atoms with Crippen molar-refractivity contribution >= 4 is 10.0 Å². The van der Waals surface area contributed by atoms with E-state index in [9.17, 15) is 18.6 Å². The van der Waals surface area contributed by atoms with Crippen LogP contribution in [-0.2, 0) is 10.0 Å². The fraction of sp³-hybridized carbons (Fsp3) is 1.00. The van der Waals surface area contributed by atoms with Gasteiger partial charge in [-0.1, -0.05) is 32.1 Å². The monoisotopic (exact) mass is 324 g/mol. The average molecular weight is 324 g/mol. The van der Waals surface area contributed by atoms with Crippen LogP contribution in [0.5, 0.6) is 0 Å². The van der Waals surface area contributed by atoms with Gasteiger partial charge in [-0.2, -0.15) is 0 Å². The Balaban J connectivity index is 2.42. The van der Waals surface area contributed by atoms with Gasteiger partial charge in [0.15, 0.2) is 0 Å². The van der Waals surface area contributed by atoms with E-state index < -0.39 is 34.0 Å². The van der Waals surface area contributed by atoms with Crippen LogP contribution < -0.4 is 10.5 Å². The van der Waals surface area contributed by atoms with E-state index in [1.807, 2.05) is 0 Å². The van der Waals surface area contributed by atoms with Crippen molar-refractivity contribution in [2.75, 3.05) is 18.9 Å². The zero-order valence-corrected chi connectivity index (χ0v) is 13.1. The highest BCUT2D eigenvalue weighted by Crippen LogP contribution is 2.28. The summed E-state index contributed by atoms with van der Waals surface area (Å²) in [5.74, 6) is -0.174. The molecule has 0 aromatic rings. The Hall–Kier alpha value is -0.250. The number of hydrogen-bond acceptors (Lipinski definition) is 6. The predicted molar refractivity (Wildman–Crippen MR) is 80.1 cm³/mol. The van der Waals surface area contributed by atoms with Gasteiger partial charge in [0.1, 0.15) is 0 Å². The Morgan fingerprint density at radius 3 is 2.33 bits per heavy atom. The van der Waals surface area contributed by atoms with E-state index >= 15 is 0 Å². The first-order valence-electron chi connectivity index (χ1n) is 7.55. The minimum Gasteiger partial charge on any atom is -0.395 e. The lowest BCUT2D eigenvalue weighted by Crippen LogP contribution is -2.49. The number of nitrogens with one attached hydrogen (secondary N) is 1. The van der Waals surface area contributed by atoms with Crippen LogP contribution in [-0.4, -0.2) is 60.9 Å². The van der Waals surface area contributed by atoms with E-state index in [0.29, 0.717) is 12.3 Å². The molecule has 0 spiro atoms. The van der Waals surface area contributed by atoms with Crippen LogP contribution in [0.2, 0.25) is 0 Å². The number of rotatable bonds is 9. The Morgan fingerprint density at radius 1 is 1.14 bits per heavy atom. The smallest absolute Gasteiger partial charge is 0.214 e. The third kappa shape index (κ3) is 7.03. The van der Waals surface area contributed by atoms with Crippen molar-refractivity contribution in [1.82, 2.24) is 4.72 Å². The molecule has 0 aliphatic heterocycles. The third-order valence-corrected chi connectivity index (χ3v) is 5.44. The van der Waals surface area contributed by atoms with Crippen molar-refractivity contribution < 1.29 is 23.7 Å². The maximum Gasteiger partial charge on any atom is 0.214 e. The summed E-state index contributed by atoms with van der Waals surface area (Å²) in [4.78, 5) is 0. The highest BCUT2D eigenvalue weighted by Gasteiger charge is 2.29. The van der Waals surface area contributed by atoms with Crippen LogP contribution >= 0.6 is 0 Å². The van der Waals surface area contributed by atoms with Crippen molar-refractivity contribution in [1.29, 1.82) is 0 Å². The standard InChI is InChI=1S/C13H28N2O5S/c14-13(11(17)8-10-4-2-1-3-5-10)12(18)9-21(19,20)15-6-7-16/h10-13,15-18H,1-9,14H2/t11-,12+,13+/m1/s1. The molecular weight excluding hydrogens is 296 g/mol. The van der Waals surface area contributed by atoms with E-state index in [-0.39, 0.29) is 13.2 Å². The van der Waals surface area contributed by atoms with Crippen LogP contribution in [0, 0.1) is 5.92 Å². The number of nitrogens with two attached hydrogens (primary N) is 1. The minimum atomic E-state index is -3.71. The van der Waals surface area contributed by atoms with Crippen LogP contribution in [0.15, 0.2) is 0 Å². The Morgan fingerprint density at radius 2 is 1.76 bits per heavy atom. The van der Waals surface area contributed by atoms with Crippen molar-refractivity contribution in [2.45, 2.75) is 56.8 Å².